The van der Waals surface area contributed by atoms with E-state index in [0.717, 1.165) is 5.56 Å². The van der Waals surface area contributed by atoms with Crippen molar-refractivity contribution in [1.82, 2.24) is 20.7 Å². The minimum Gasteiger partial charge on any atom is -0.508 e. The zero-order valence-electron chi connectivity index (χ0n) is 17.2. The molecule has 31 heavy (non-hydrogen) atoms. The summed E-state index contributed by atoms with van der Waals surface area (Å²) in [5.41, 5.74) is 14.6. The van der Waals surface area contributed by atoms with Crippen molar-refractivity contribution in [2.24, 2.45) is 11.5 Å². The summed E-state index contributed by atoms with van der Waals surface area (Å²) < 4.78 is 0. The lowest BCUT2D eigenvalue weighted by atomic mass is 10.0. The molecule has 12 heteroatoms. The number of nitrogens with two attached hydrogens (primary N) is 2. The third-order valence-corrected chi connectivity index (χ3v) is 5.45. The fraction of sp³-hybridized carbons (Fsp3) is 0.474. The van der Waals surface area contributed by atoms with Crippen LogP contribution in [0.15, 0.2) is 24.3 Å². The maximum Gasteiger partial charge on any atom is 0.241 e. The Hall–Kier alpha value is -2.83. The molecule has 1 aromatic carbocycles. The van der Waals surface area contributed by atoms with Crippen LogP contribution in [-0.2, 0) is 20.8 Å². The number of benzene rings is 1. The number of phenolic OH excluding ortho intramolecular Hbond substituents is 1. The number of rotatable bonds is 10. The molecular weight excluding hydrogens is 422 g/mol. The van der Waals surface area contributed by atoms with Crippen LogP contribution in [0.2, 0.25) is 0 Å². The number of nitrogens with zero attached hydrogens (tertiary/aromatic N) is 2. The van der Waals surface area contributed by atoms with Crippen molar-refractivity contribution in [3.05, 3.63) is 29.8 Å². The highest BCUT2D eigenvalue weighted by Gasteiger charge is 2.41. The van der Waals surface area contributed by atoms with Gasteiger partial charge in [-0.2, -0.15) is 0 Å². The monoisotopic (exact) mass is 451 g/mol. The number of hydrazine groups is 1. The molecule has 0 aliphatic carbocycles. The van der Waals surface area contributed by atoms with Crippen LogP contribution in [0.1, 0.15) is 18.4 Å². The van der Waals surface area contributed by atoms with E-state index < -0.39 is 29.1 Å². The highest BCUT2D eigenvalue weighted by molar-refractivity contribution is 7.96. The van der Waals surface area contributed by atoms with E-state index in [1.165, 1.54) is 24.1 Å². The Labute approximate surface area is 186 Å². The highest BCUT2D eigenvalue weighted by Crippen LogP contribution is 2.19. The Morgan fingerprint density at radius 3 is 2.52 bits per heavy atom. The summed E-state index contributed by atoms with van der Waals surface area (Å²) in [5, 5.41) is 20.5. The lowest BCUT2D eigenvalue weighted by Gasteiger charge is -2.44. The molecule has 1 aliphatic heterocycles. The molecule has 0 saturated carbocycles. The molecule has 1 aliphatic rings. The van der Waals surface area contributed by atoms with E-state index in [2.05, 4.69) is 23.4 Å². The van der Waals surface area contributed by atoms with Crippen molar-refractivity contribution in [1.29, 1.82) is 5.41 Å². The molecule has 1 saturated heterocycles. The number of primary amides is 1. The minimum atomic E-state index is -0.851. The molecule has 3 atom stereocenters. The van der Waals surface area contributed by atoms with Gasteiger partial charge in [0.25, 0.3) is 0 Å². The van der Waals surface area contributed by atoms with Crippen LogP contribution in [0.4, 0.5) is 0 Å². The molecule has 8 N–H and O–H groups in total. The molecule has 0 aromatic heterocycles. The smallest absolute Gasteiger partial charge is 0.241 e. The molecule has 0 unspecified atom stereocenters. The van der Waals surface area contributed by atoms with E-state index in [1.807, 2.05) is 0 Å². The first-order chi connectivity index (χ1) is 14.6. The van der Waals surface area contributed by atoms with Gasteiger partial charge in [-0.25, -0.2) is 10.4 Å². The molecule has 1 aromatic rings. The van der Waals surface area contributed by atoms with E-state index in [4.69, 9.17) is 16.9 Å². The van der Waals surface area contributed by atoms with Gasteiger partial charge in [0.05, 0.1) is 6.04 Å². The molecule has 0 spiro atoms. The molecule has 0 bridgehead atoms. The third-order valence-electron chi connectivity index (χ3n) is 5.14. The first-order valence-electron chi connectivity index (χ1n) is 9.77. The fourth-order valence-electron chi connectivity index (χ4n) is 3.44. The van der Waals surface area contributed by atoms with E-state index in [1.54, 1.807) is 17.1 Å². The Morgan fingerprint density at radius 2 is 1.97 bits per heavy atom. The SMILES string of the molecule is CN1C(=O)[C@H](CCCNC(=N)N)N(N[C@@H](Cc2ccc(O)cc2)C(=O)S)C[C@@H]1C(N)=O. The van der Waals surface area contributed by atoms with Gasteiger partial charge in [-0.05, 0) is 37.0 Å². The van der Waals surface area contributed by atoms with Crippen molar-refractivity contribution < 1.29 is 19.5 Å². The van der Waals surface area contributed by atoms with Crippen LogP contribution in [0.25, 0.3) is 0 Å². The van der Waals surface area contributed by atoms with Gasteiger partial charge < -0.3 is 26.8 Å². The molecule has 170 valence electrons. The molecular formula is C19H29N7O4S. The number of thiol groups is 1. The Kier molecular flexibility index (Phi) is 8.65. The Morgan fingerprint density at radius 1 is 1.32 bits per heavy atom. The second-order valence-electron chi connectivity index (χ2n) is 7.41. The largest absolute Gasteiger partial charge is 0.508 e. The van der Waals surface area contributed by atoms with Gasteiger partial charge in [0, 0.05) is 20.1 Å². The molecule has 11 nitrogen and oxygen atoms in total. The maximum absolute atomic E-state index is 12.9. The van der Waals surface area contributed by atoms with Crippen molar-refractivity contribution in [3.63, 3.8) is 0 Å². The van der Waals surface area contributed by atoms with Crippen molar-refractivity contribution >= 4 is 35.5 Å². The van der Waals surface area contributed by atoms with Gasteiger partial charge in [0.1, 0.15) is 17.8 Å². The Balaban J connectivity index is 2.18. The number of hydrogen-bond acceptors (Lipinski definition) is 7. The number of carbonyl (C=O) groups is 3. The zero-order chi connectivity index (χ0) is 23.1. The third kappa shape index (κ3) is 6.84. The summed E-state index contributed by atoms with van der Waals surface area (Å²) in [5.74, 6) is -1.00. The normalized spacial score (nSPS) is 20.3. The number of piperazine rings is 1. The topological polar surface area (TPSA) is 178 Å². The molecule has 2 amide bonds. The van der Waals surface area contributed by atoms with E-state index in [0.29, 0.717) is 19.4 Å². The summed E-state index contributed by atoms with van der Waals surface area (Å²) in [6, 6.07) is 4.14. The summed E-state index contributed by atoms with van der Waals surface area (Å²) in [6.45, 7) is 0.508. The number of phenols is 1. The number of carbonyl (C=O) groups excluding carboxylic acids is 3. The van der Waals surface area contributed by atoms with Crippen molar-refractivity contribution in [2.45, 2.75) is 37.4 Å². The van der Waals surface area contributed by atoms with E-state index >= 15 is 0 Å². The summed E-state index contributed by atoms with van der Waals surface area (Å²) in [4.78, 5) is 38.3. The summed E-state index contributed by atoms with van der Waals surface area (Å²) >= 11 is 3.97. The lowest BCUT2D eigenvalue weighted by molar-refractivity contribution is -0.153. The van der Waals surface area contributed by atoms with Gasteiger partial charge in [-0.1, -0.05) is 12.1 Å². The molecule has 1 fully saturated rings. The van der Waals surface area contributed by atoms with Crippen LogP contribution in [0, 0.1) is 5.41 Å². The first-order valence-corrected chi connectivity index (χ1v) is 10.2. The Bertz CT molecular complexity index is 820. The van der Waals surface area contributed by atoms with Crippen molar-refractivity contribution in [3.8, 4) is 5.75 Å². The number of hydrogen-bond donors (Lipinski definition) is 7. The molecule has 1 heterocycles. The first kappa shape index (κ1) is 24.4. The zero-order valence-corrected chi connectivity index (χ0v) is 18.1. The highest BCUT2D eigenvalue weighted by atomic mass is 32.1. The number of likely N-dealkylation sites (N-methyl/N-ethyl adjacent to an activating group) is 1. The number of amides is 2. The van der Waals surface area contributed by atoms with Gasteiger partial charge in [0.2, 0.25) is 16.9 Å². The fourth-order valence-corrected chi connectivity index (χ4v) is 3.58. The van der Waals surface area contributed by atoms with Gasteiger partial charge in [-0.3, -0.25) is 19.8 Å². The summed E-state index contributed by atoms with van der Waals surface area (Å²) in [7, 11) is 1.52. The van der Waals surface area contributed by atoms with Gasteiger partial charge >= 0.3 is 0 Å². The summed E-state index contributed by atoms with van der Waals surface area (Å²) in [6.07, 6.45) is 1.19. The van der Waals surface area contributed by atoms with Crippen molar-refractivity contribution in [2.75, 3.05) is 20.1 Å². The number of nitrogens with one attached hydrogen (secondary N) is 3. The maximum atomic E-state index is 12.9. The van der Waals surface area contributed by atoms with Crippen LogP contribution in [0.5, 0.6) is 5.75 Å². The van der Waals surface area contributed by atoms with Crippen LogP contribution in [-0.4, -0.2) is 76.2 Å². The molecule has 0 radical (unpaired) electrons. The quantitative estimate of drug-likeness (QED) is 0.0974. The predicted octanol–water partition coefficient (Wildman–Crippen LogP) is -1.48. The minimum absolute atomic E-state index is 0.107. The van der Waals surface area contributed by atoms with E-state index in [-0.39, 0.29) is 30.6 Å². The average molecular weight is 452 g/mol. The van der Waals surface area contributed by atoms with E-state index in [9.17, 15) is 19.5 Å². The van der Waals surface area contributed by atoms with Crippen LogP contribution >= 0.6 is 12.6 Å². The molecule has 2 rings (SSSR count). The van der Waals surface area contributed by atoms with Crippen LogP contribution in [0.3, 0.4) is 0 Å². The average Bonchev–Trinajstić information content (AvgIpc) is 2.69. The number of aromatic hydroxyl groups is 1. The van der Waals surface area contributed by atoms with Crippen LogP contribution < -0.4 is 22.2 Å². The predicted molar refractivity (Wildman–Crippen MR) is 118 cm³/mol. The number of guanidine groups is 1. The van der Waals surface area contributed by atoms with Gasteiger partial charge in [0.15, 0.2) is 5.96 Å². The lowest BCUT2D eigenvalue weighted by Crippen LogP contribution is -2.68. The standard InChI is InChI=1S/C19H29N7O4S/c1-25-15(16(20)28)10-26(14(17(25)29)3-2-8-23-19(21)22)24-13(18(30)31)9-11-4-6-12(27)7-5-11/h4-7,13-15,24,27H,2-3,8-10H2,1H3,(H2,20,28)(H,30,31)(H4,21,22,23)/t13-,14-,15+/m0/s1. The second kappa shape index (κ2) is 11.0. The van der Waals surface area contributed by atoms with Gasteiger partial charge in [-0.15, -0.1) is 12.6 Å². The second-order valence-corrected chi connectivity index (χ2v) is 7.85.